The summed E-state index contributed by atoms with van der Waals surface area (Å²) in [7, 11) is 1.38. The Morgan fingerprint density at radius 2 is 2.29 bits per heavy atom. The van der Waals surface area contributed by atoms with Gasteiger partial charge in [-0.2, -0.15) is 15.0 Å². The number of ether oxygens (including phenoxy) is 1. The minimum Gasteiger partial charge on any atom is -0.480 e. The Hall–Kier alpha value is -1.89. The number of aliphatic carboxylic acids is 1. The molecule has 0 aliphatic rings. The molecule has 0 saturated heterocycles. The minimum absolute atomic E-state index is 0.0273. The number of hydrogen-bond donors (Lipinski definition) is 1. The predicted molar refractivity (Wildman–Crippen MR) is 61.4 cm³/mol. The van der Waals surface area contributed by atoms with E-state index in [0.29, 0.717) is 0 Å². The number of rotatable bonds is 6. The molecule has 0 amide bonds. The van der Waals surface area contributed by atoms with Gasteiger partial charge in [0, 0.05) is 6.54 Å². The quantitative estimate of drug-likeness (QED) is 0.748. The zero-order valence-electron chi connectivity index (χ0n) is 9.13. The summed E-state index contributed by atoms with van der Waals surface area (Å²) in [5.41, 5.74) is 0. The molecule has 0 bridgehead atoms. The SMILES string of the molecule is C=CCN(CC(=O)O)c1nc(Cl)nc(OC)n1. The summed E-state index contributed by atoms with van der Waals surface area (Å²) in [4.78, 5) is 23.5. The fourth-order valence-electron chi connectivity index (χ4n) is 1.09. The van der Waals surface area contributed by atoms with Gasteiger partial charge in [-0.3, -0.25) is 4.79 Å². The highest BCUT2D eigenvalue weighted by Gasteiger charge is 2.14. The summed E-state index contributed by atoms with van der Waals surface area (Å²) in [6.07, 6.45) is 1.53. The fourth-order valence-corrected chi connectivity index (χ4v) is 1.24. The van der Waals surface area contributed by atoms with E-state index in [1.807, 2.05) is 0 Å². The van der Waals surface area contributed by atoms with Crippen LogP contribution in [0.3, 0.4) is 0 Å². The Morgan fingerprint density at radius 1 is 1.59 bits per heavy atom. The summed E-state index contributed by atoms with van der Waals surface area (Å²) >= 11 is 5.67. The average Bonchev–Trinajstić information content (AvgIpc) is 2.27. The molecule has 8 heteroatoms. The van der Waals surface area contributed by atoms with Gasteiger partial charge in [0.05, 0.1) is 7.11 Å². The highest BCUT2D eigenvalue weighted by atomic mass is 35.5. The number of carbonyl (C=O) groups is 1. The molecule has 1 heterocycles. The average molecular weight is 259 g/mol. The third kappa shape index (κ3) is 3.87. The van der Waals surface area contributed by atoms with Crippen LogP contribution >= 0.6 is 11.6 Å². The minimum atomic E-state index is -1.01. The Labute approximate surface area is 103 Å². The Morgan fingerprint density at radius 3 is 2.82 bits per heavy atom. The molecule has 1 aromatic rings. The van der Waals surface area contributed by atoms with Crippen molar-refractivity contribution in [2.45, 2.75) is 0 Å². The molecular weight excluding hydrogens is 248 g/mol. The van der Waals surface area contributed by atoms with Crippen LogP contribution in [0, 0.1) is 0 Å². The van der Waals surface area contributed by atoms with Crippen LogP contribution in [0.15, 0.2) is 12.7 Å². The molecule has 0 aromatic carbocycles. The maximum absolute atomic E-state index is 10.7. The first-order chi connectivity index (χ1) is 8.06. The van der Waals surface area contributed by atoms with Crippen LogP contribution < -0.4 is 9.64 Å². The first-order valence-electron chi connectivity index (χ1n) is 4.60. The molecule has 0 fully saturated rings. The molecule has 1 aromatic heterocycles. The summed E-state index contributed by atoms with van der Waals surface area (Å²) in [5, 5.41) is 8.69. The van der Waals surface area contributed by atoms with Gasteiger partial charge in [0.25, 0.3) is 0 Å². The zero-order chi connectivity index (χ0) is 12.8. The van der Waals surface area contributed by atoms with Gasteiger partial charge >= 0.3 is 12.0 Å². The van der Waals surface area contributed by atoms with Crippen molar-refractivity contribution in [3.63, 3.8) is 0 Å². The van der Waals surface area contributed by atoms with Crippen LogP contribution in [0.2, 0.25) is 5.28 Å². The Kier molecular flexibility index (Phi) is 4.65. The predicted octanol–water partition coefficient (Wildman–Crippen LogP) is 0.611. The van der Waals surface area contributed by atoms with Gasteiger partial charge in [-0.25, -0.2) is 0 Å². The summed E-state index contributed by atoms with van der Waals surface area (Å²) in [5.74, 6) is -0.883. The molecule has 0 radical (unpaired) electrons. The van der Waals surface area contributed by atoms with Crippen molar-refractivity contribution in [3.8, 4) is 6.01 Å². The van der Waals surface area contributed by atoms with Crippen molar-refractivity contribution < 1.29 is 14.6 Å². The van der Waals surface area contributed by atoms with E-state index in [0.717, 1.165) is 0 Å². The lowest BCUT2D eigenvalue weighted by atomic mass is 10.5. The van der Waals surface area contributed by atoms with Gasteiger partial charge in [-0.05, 0) is 11.6 Å². The monoisotopic (exact) mass is 258 g/mol. The number of methoxy groups -OCH3 is 1. The number of nitrogens with zero attached hydrogens (tertiary/aromatic N) is 4. The molecule has 0 saturated carbocycles. The van der Waals surface area contributed by atoms with Gasteiger partial charge in [0.15, 0.2) is 0 Å². The first-order valence-corrected chi connectivity index (χ1v) is 4.97. The van der Waals surface area contributed by atoms with Gasteiger partial charge in [-0.1, -0.05) is 6.08 Å². The number of hydrogen-bond acceptors (Lipinski definition) is 6. The Balaban J connectivity index is 3.03. The highest BCUT2D eigenvalue weighted by Crippen LogP contribution is 2.14. The third-order valence-corrected chi connectivity index (χ3v) is 1.89. The van der Waals surface area contributed by atoms with Crippen LogP contribution in [0.25, 0.3) is 0 Å². The number of anilines is 1. The first kappa shape index (κ1) is 13.2. The van der Waals surface area contributed by atoms with Crippen molar-refractivity contribution >= 4 is 23.5 Å². The molecule has 1 rings (SSSR count). The van der Waals surface area contributed by atoms with Crippen LogP contribution in [0.1, 0.15) is 0 Å². The van der Waals surface area contributed by atoms with Crippen LogP contribution in [-0.4, -0.2) is 46.2 Å². The molecule has 0 atom stereocenters. The topological polar surface area (TPSA) is 88.4 Å². The second-order valence-electron chi connectivity index (χ2n) is 2.95. The van der Waals surface area contributed by atoms with Gasteiger partial charge < -0.3 is 14.7 Å². The van der Waals surface area contributed by atoms with Crippen LogP contribution in [-0.2, 0) is 4.79 Å². The van der Waals surface area contributed by atoms with Crippen molar-refractivity contribution in [1.82, 2.24) is 15.0 Å². The van der Waals surface area contributed by atoms with E-state index in [1.165, 1.54) is 18.1 Å². The summed E-state index contributed by atoms with van der Waals surface area (Å²) in [6, 6.07) is 0.0273. The summed E-state index contributed by atoms with van der Waals surface area (Å²) in [6.45, 7) is 3.53. The number of halogens is 1. The lowest BCUT2D eigenvalue weighted by Crippen LogP contribution is -2.31. The van der Waals surface area contributed by atoms with Gasteiger partial charge in [-0.15, -0.1) is 6.58 Å². The highest BCUT2D eigenvalue weighted by molar-refractivity contribution is 6.28. The molecule has 92 valence electrons. The van der Waals surface area contributed by atoms with E-state index in [-0.39, 0.29) is 30.3 Å². The second-order valence-corrected chi connectivity index (χ2v) is 3.29. The molecule has 0 spiro atoms. The molecule has 0 aliphatic heterocycles. The normalized spacial score (nSPS) is 9.76. The second kappa shape index (κ2) is 6.00. The lowest BCUT2D eigenvalue weighted by Gasteiger charge is -2.18. The van der Waals surface area contributed by atoms with Crippen LogP contribution in [0.5, 0.6) is 6.01 Å². The van der Waals surface area contributed by atoms with Gasteiger partial charge in [0.2, 0.25) is 11.2 Å². The lowest BCUT2D eigenvalue weighted by molar-refractivity contribution is -0.135. The third-order valence-electron chi connectivity index (χ3n) is 1.72. The van der Waals surface area contributed by atoms with Crippen molar-refractivity contribution in [2.75, 3.05) is 25.1 Å². The van der Waals surface area contributed by atoms with E-state index in [2.05, 4.69) is 21.5 Å². The molecule has 17 heavy (non-hydrogen) atoms. The maximum atomic E-state index is 10.7. The Bertz CT molecular complexity index is 427. The maximum Gasteiger partial charge on any atom is 0.323 e. The zero-order valence-corrected chi connectivity index (χ0v) is 9.89. The van der Waals surface area contributed by atoms with Gasteiger partial charge in [0.1, 0.15) is 6.54 Å². The van der Waals surface area contributed by atoms with Crippen molar-refractivity contribution in [2.24, 2.45) is 0 Å². The van der Waals surface area contributed by atoms with Crippen LogP contribution in [0.4, 0.5) is 5.95 Å². The van der Waals surface area contributed by atoms with Crippen molar-refractivity contribution in [1.29, 1.82) is 0 Å². The van der Waals surface area contributed by atoms with E-state index in [1.54, 1.807) is 0 Å². The standard InChI is InChI=1S/C9H11ClN4O3/c1-3-4-14(5-6(15)16)8-11-7(10)12-9(13-8)17-2/h3H,1,4-5H2,2H3,(H,15,16). The van der Waals surface area contributed by atoms with E-state index in [9.17, 15) is 4.79 Å². The smallest absolute Gasteiger partial charge is 0.323 e. The number of carboxylic acid groups (broad SMARTS) is 1. The molecule has 0 aliphatic carbocycles. The van der Waals surface area contributed by atoms with E-state index < -0.39 is 5.97 Å². The fraction of sp³-hybridized carbons (Fsp3) is 0.333. The van der Waals surface area contributed by atoms with E-state index >= 15 is 0 Å². The molecule has 7 nitrogen and oxygen atoms in total. The molecule has 1 N–H and O–H groups in total. The number of carboxylic acids is 1. The molecule has 0 unspecified atom stereocenters. The largest absolute Gasteiger partial charge is 0.480 e. The van der Waals surface area contributed by atoms with E-state index in [4.69, 9.17) is 21.4 Å². The number of aromatic nitrogens is 3. The van der Waals surface area contributed by atoms with Crippen molar-refractivity contribution in [3.05, 3.63) is 17.9 Å². The molecular formula is C9H11ClN4O3. The summed E-state index contributed by atoms with van der Waals surface area (Å²) < 4.78 is 4.82.